The molecule has 0 atom stereocenters. The van der Waals surface area contributed by atoms with Crippen LogP contribution in [0, 0.1) is 0 Å². The molecule has 0 aromatic carbocycles. The van der Waals surface area contributed by atoms with E-state index in [-0.39, 0.29) is 0 Å². The zero-order valence-corrected chi connectivity index (χ0v) is 8.50. The minimum Gasteiger partial charge on any atom is -0.382 e. The van der Waals surface area contributed by atoms with E-state index in [0.29, 0.717) is 5.88 Å². The molecule has 0 amide bonds. The Hall–Kier alpha value is -0.610. The Kier molecular flexibility index (Phi) is 4.78. The van der Waals surface area contributed by atoms with Gasteiger partial charge in [0.2, 0.25) is 0 Å². The number of aryl methyl sites for hydroxylation is 1. The van der Waals surface area contributed by atoms with Crippen molar-refractivity contribution in [2.24, 2.45) is 0 Å². The maximum Gasteiger partial charge on any atom is 0.147 e. The van der Waals surface area contributed by atoms with E-state index in [9.17, 15) is 0 Å². The summed E-state index contributed by atoms with van der Waals surface area (Å²) < 4.78 is 7.17. The van der Waals surface area contributed by atoms with Crippen molar-refractivity contribution in [3.63, 3.8) is 0 Å². The molecule has 0 spiro atoms. The van der Waals surface area contributed by atoms with Gasteiger partial charge in [0.15, 0.2) is 0 Å². The average Bonchev–Trinajstić information content (AvgIpc) is 2.60. The van der Waals surface area contributed by atoms with Crippen LogP contribution in [0.1, 0.15) is 19.2 Å². The Morgan fingerprint density at radius 2 is 2.46 bits per heavy atom. The smallest absolute Gasteiger partial charge is 0.147 e. The van der Waals surface area contributed by atoms with Gasteiger partial charge >= 0.3 is 0 Å². The topological polar surface area (TPSA) is 39.9 Å². The molecule has 1 aromatic rings. The average molecular weight is 204 g/mol. The van der Waals surface area contributed by atoms with Crippen LogP contribution in [-0.2, 0) is 17.2 Å². The molecule has 4 nitrogen and oxygen atoms in total. The van der Waals surface area contributed by atoms with Crippen molar-refractivity contribution in [3.05, 3.63) is 12.2 Å². The SMILES string of the molecule is CCOCCCn1cnnc1CCl. The summed E-state index contributed by atoms with van der Waals surface area (Å²) in [6, 6.07) is 0. The molecule has 0 aliphatic heterocycles. The third-order valence-corrected chi connectivity index (χ3v) is 1.95. The highest BCUT2D eigenvalue weighted by molar-refractivity contribution is 6.16. The summed E-state index contributed by atoms with van der Waals surface area (Å²) in [7, 11) is 0. The molecule has 0 saturated carbocycles. The molecule has 0 saturated heterocycles. The third-order valence-electron chi connectivity index (χ3n) is 1.71. The van der Waals surface area contributed by atoms with E-state index in [1.54, 1.807) is 6.33 Å². The number of hydrogen-bond acceptors (Lipinski definition) is 3. The van der Waals surface area contributed by atoms with Gasteiger partial charge < -0.3 is 9.30 Å². The molecule has 0 N–H and O–H groups in total. The lowest BCUT2D eigenvalue weighted by Gasteiger charge is -2.04. The molecule has 1 rings (SSSR count). The molecule has 0 bridgehead atoms. The van der Waals surface area contributed by atoms with Crippen molar-refractivity contribution in [2.45, 2.75) is 25.8 Å². The predicted octanol–water partition coefficient (Wildman–Crippen LogP) is 1.44. The van der Waals surface area contributed by atoms with Crippen LogP contribution < -0.4 is 0 Å². The highest BCUT2D eigenvalue weighted by Crippen LogP contribution is 2.00. The first-order valence-electron chi connectivity index (χ1n) is 4.39. The zero-order chi connectivity index (χ0) is 9.52. The second kappa shape index (κ2) is 5.94. The van der Waals surface area contributed by atoms with E-state index in [1.165, 1.54) is 0 Å². The lowest BCUT2D eigenvalue weighted by Crippen LogP contribution is -2.04. The fourth-order valence-electron chi connectivity index (χ4n) is 1.05. The molecular formula is C8H14ClN3O. The molecule has 0 fully saturated rings. The molecule has 1 aromatic heterocycles. The predicted molar refractivity (Wildman–Crippen MR) is 50.7 cm³/mol. The summed E-state index contributed by atoms with van der Waals surface area (Å²) >= 11 is 5.66. The summed E-state index contributed by atoms with van der Waals surface area (Å²) in [4.78, 5) is 0. The normalized spacial score (nSPS) is 10.6. The van der Waals surface area contributed by atoms with Crippen molar-refractivity contribution in [2.75, 3.05) is 13.2 Å². The molecule has 74 valence electrons. The van der Waals surface area contributed by atoms with Gasteiger partial charge in [-0.3, -0.25) is 0 Å². The lowest BCUT2D eigenvalue weighted by atomic mass is 10.4. The van der Waals surface area contributed by atoms with Gasteiger partial charge in [-0.25, -0.2) is 0 Å². The molecule has 13 heavy (non-hydrogen) atoms. The van der Waals surface area contributed by atoms with Crippen LogP contribution in [0.3, 0.4) is 0 Å². The molecular weight excluding hydrogens is 190 g/mol. The number of halogens is 1. The molecule has 5 heteroatoms. The van der Waals surface area contributed by atoms with E-state index < -0.39 is 0 Å². The monoisotopic (exact) mass is 203 g/mol. The molecule has 0 unspecified atom stereocenters. The van der Waals surface area contributed by atoms with E-state index in [0.717, 1.165) is 32.0 Å². The summed E-state index contributed by atoms with van der Waals surface area (Å²) in [5, 5.41) is 7.65. The quantitative estimate of drug-likeness (QED) is 0.519. The van der Waals surface area contributed by atoms with E-state index in [4.69, 9.17) is 16.3 Å². The first kappa shape index (κ1) is 10.5. The van der Waals surface area contributed by atoms with Crippen LogP contribution in [-0.4, -0.2) is 28.0 Å². The molecule has 0 aliphatic rings. The summed E-state index contributed by atoms with van der Waals surface area (Å²) in [5.74, 6) is 1.23. The van der Waals surface area contributed by atoms with E-state index in [1.807, 2.05) is 11.5 Å². The molecule has 0 aliphatic carbocycles. The molecule has 0 radical (unpaired) electrons. The number of alkyl halides is 1. The number of rotatable bonds is 6. The summed E-state index contributed by atoms with van der Waals surface area (Å²) in [6.07, 6.45) is 2.67. The van der Waals surface area contributed by atoms with Crippen molar-refractivity contribution < 1.29 is 4.74 Å². The largest absolute Gasteiger partial charge is 0.382 e. The van der Waals surface area contributed by atoms with Gasteiger partial charge in [0.25, 0.3) is 0 Å². The minimum atomic E-state index is 0.411. The maximum atomic E-state index is 5.66. The maximum absolute atomic E-state index is 5.66. The van der Waals surface area contributed by atoms with Crippen LogP contribution in [0.15, 0.2) is 6.33 Å². The summed E-state index contributed by atoms with van der Waals surface area (Å²) in [5.41, 5.74) is 0. The van der Waals surface area contributed by atoms with Crippen LogP contribution in [0.5, 0.6) is 0 Å². The Labute approximate surface area is 82.9 Å². The fourth-order valence-corrected chi connectivity index (χ4v) is 1.26. The zero-order valence-electron chi connectivity index (χ0n) is 7.74. The number of hydrogen-bond donors (Lipinski definition) is 0. The summed E-state index contributed by atoms with van der Waals surface area (Å²) in [6.45, 7) is 4.40. The van der Waals surface area contributed by atoms with Crippen LogP contribution >= 0.6 is 11.6 Å². The Morgan fingerprint density at radius 3 is 3.15 bits per heavy atom. The van der Waals surface area contributed by atoms with Gasteiger partial charge in [-0.15, -0.1) is 21.8 Å². The van der Waals surface area contributed by atoms with Crippen molar-refractivity contribution >= 4 is 11.6 Å². The first-order chi connectivity index (χ1) is 6.38. The van der Waals surface area contributed by atoms with Gasteiger partial charge in [-0.1, -0.05) is 0 Å². The number of ether oxygens (including phenoxy) is 1. The fraction of sp³-hybridized carbons (Fsp3) is 0.750. The highest BCUT2D eigenvalue weighted by Gasteiger charge is 2.00. The highest BCUT2D eigenvalue weighted by atomic mass is 35.5. The van der Waals surface area contributed by atoms with Crippen LogP contribution in [0.25, 0.3) is 0 Å². The minimum absolute atomic E-state index is 0.411. The van der Waals surface area contributed by atoms with E-state index >= 15 is 0 Å². The standard InChI is InChI=1S/C8H14ClN3O/c1-2-13-5-3-4-12-7-10-11-8(12)6-9/h7H,2-6H2,1H3. The van der Waals surface area contributed by atoms with Gasteiger partial charge in [-0.2, -0.15) is 0 Å². The van der Waals surface area contributed by atoms with Crippen LogP contribution in [0.4, 0.5) is 0 Å². The second-order valence-electron chi connectivity index (χ2n) is 2.62. The Balaban J connectivity index is 2.27. The van der Waals surface area contributed by atoms with Gasteiger partial charge in [-0.05, 0) is 13.3 Å². The van der Waals surface area contributed by atoms with E-state index in [2.05, 4.69) is 10.2 Å². The third kappa shape index (κ3) is 3.32. The van der Waals surface area contributed by atoms with Crippen molar-refractivity contribution in [1.82, 2.24) is 14.8 Å². The number of aromatic nitrogens is 3. The van der Waals surface area contributed by atoms with Crippen molar-refractivity contribution in [3.8, 4) is 0 Å². The number of nitrogens with zero attached hydrogens (tertiary/aromatic N) is 3. The van der Waals surface area contributed by atoms with Gasteiger partial charge in [0, 0.05) is 19.8 Å². The van der Waals surface area contributed by atoms with Crippen LogP contribution in [0.2, 0.25) is 0 Å². The lowest BCUT2D eigenvalue weighted by molar-refractivity contribution is 0.141. The Bertz CT molecular complexity index is 239. The molecule has 1 heterocycles. The second-order valence-corrected chi connectivity index (χ2v) is 2.89. The first-order valence-corrected chi connectivity index (χ1v) is 4.92. The van der Waals surface area contributed by atoms with Gasteiger partial charge in [0.1, 0.15) is 12.2 Å². The Morgan fingerprint density at radius 1 is 1.62 bits per heavy atom. The van der Waals surface area contributed by atoms with Gasteiger partial charge in [0.05, 0.1) is 5.88 Å². The van der Waals surface area contributed by atoms with Crippen molar-refractivity contribution in [1.29, 1.82) is 0 Å².